The third kappa shape index (κ3) is 4.41. The number of hydrogen-bond donors (Lipinski definition) is 3. The second-order valence-electron chi connectivity index (χ2n) is 4.78. The van der Waals surface area contributed by atoms with Crippen LogP contribution >= 0.6 is 0 Å². The molecule has 3 N–H and O–H groups in total. The molecule has 0 radical (unpaired) electrons. The summed E-state index contributed by atoms with van der Waals surface area (Å²) < 4.78 is 13.4. The number of urea groups is 1. The van der Waals surface area contributed by atoms with Gasteiger partial charge in [0.1, 0.15) is 5.54 Å². The molecule has 21 heavy (non-hydrogen) atoms. The van der Waals surface area contributed by atoms with Crippen molar-refractivity contribution in [1.82, 2.24) is 10.6 Å². The molecule has 114 valence electrons. The van der Waals surface area contributed by atoms with Crippen molar-refractivity contribution in [2.75, 3.05) is 0 Å². The van der Waals surface area contributed by atoms with Gasteiger partial charge in [0.05, 0.1) is 4.92 Å². The van der Waals surface area contributed by atoms with Crippen LogP contribution in [0.2, 0.25) is 0 Å². The zero-order chi connectivity index (χ0) is 16.2. The zero-order valence-electron chi connectivity index (χ0n) is 11.3. The Bertz CT molecular complexity index is 588. The van der Waals surface area contributed by atoms with Crippen molar-refractivity contribution in [1.29, 1.82) is 0 Å². The van der Waals surface area contributed by atoms with Gasteiger partial charge in [-0.25, -0.2) is 9.59 Å². The van der Waals surface area contributed by atoms with E-state index in [0.717, 1.165) is 12.1 Å². The van der Waals surface area contributed by atoms with Gasteiger partial charge in [0.25, 0.3) is 0 Å². The van der Waals surface area contributed by atoms with Crippen LogP contribution in [-0.2, 0) is 11.3 Å². The van der Waals surface area contributed by atoms with E-state index in [1.54, 1.807) is 0 Å². The molecule has 0 spiro atoms. The Balaban J connectivity index is 2.64. The van der Waals surface area contributed by atoms with Crippen LogP contribution in [0.1, 0.15) is 19.4 Å². The Morgan fingerprint density at radius 3 is 2.52 bits per heavy atom. The number of nitrogens with one attached hydrogen (secondary N) is 2. The van der Waals surface area contributed by atoms with Gasteiger partial charge < -0.3 is 15.7 Å². The molecule has 0 saturated heterocycles. The number of nitro groups is 1. The van der Waals surface area contributed by atoms with E-state index in [1.165, 1.54) is 19.9 Å². The van der Waals surface area contributed by atoms with Crippen molar-refractivity contribution in [3.05, 3.63) is 39.7 Å². The lowest BCUT2D eigenvalue weighted by Gasteiger charge is -2.21. The van der Waals surface area contributed by atoms with Crippen LogP contribution in [0.25, 0.3) is 0 Å². The summed E-state index contributed by atoms with van der Waals surface area (Å²) in [5.41, 5.74) is -1.80. The lowest BCUT2D eigenvalue weighted by atomic mass is 10.1. The van der Waals surface area contributed by atoms with E-state index in [9.17, 15) is 24.1 Å². The second kappa shape index (κ2) is 6.16. The van der Waals surface area contributed by atoms with Gasteiger partial charge in [-0.05, 0) is 25.5 Å². The summed E-state index contributed by atoms with van der Waals surface area (Å²) in [5.74, 6) is -2.22. The quantitative estimate of drug-likeness (QED) is 0.560. The number of carbonyl (C=O) groups is 2. The van der Waals surface area contributed by atoms with Crippen LogP contribution in [-0.4, -0.2) is 27.6 Å². The maximum atomic E-state index is 13.4. The fourth-order valence-corrected chi connectivity index (χ4v) is 1.37. The van der Waals surface area contributed by atoms with Crippen LogP contribution in [0.3, 0.4) is 0 Å². The minimum absolute atomic E-state index is 0.101. The van der Waals surface area contributed by atoms with Gasteiger partial charge in [-0.1, -0.05) is 6.07 Å². The van der Waals surface area contributed by atoms with E-state index in [-0.39, 0.29) is 6.54 Å². The van der Waals surface area contributed by atoms with Crippen LogP contribution in [0.4, 0.5) is 14.9 Å². The Labute approximate surface area is 119 Å². The number of hydrogen-bond acceptors (Lipinski definition) is 4. The summed E-state index contributed by atoms with van der Waals surface area (Å²) in [6.07, 6.45) is 0. The van der Waals surface area contributed by atoms with Gasteiger partial charge in [-0.15, -0.1) is 0 Å². The Kier molecular flexibility index (Phi) is 4.79. The molecule has 1 aromatic carbocycles. The fraction of sp³-hybridized carbons (Fsp3) is 0.333. The lowest BCUT2D eigenvalue weighted by molar-refractivity contribution is -0.387. The Morgan fingerprint density at radius 1 is 1.43 bits per heavy atom. The monoisotopic (exact) mass is 299 g/mol. The lowest BCUT2D eigenvalue weighted by Crippen LogP contribution is -2.52. The first-order valence-electron chi connectivity index (χ1n) is 5.85. The minimum Gasteiger partial charge on any atom is -0.480 e. The van der Waals surface area contributed by atoms with Crippen LogP contribution in [0, 0.1) is 15.9 Å². The van der Waals surface area contributed by atoms with Crippen molar-refractivity contribution in [2.24, 2.45) is 0 Å². The molecule has 0 aromatic heterocycles. The molecule has 1 rings (SSSR count). The fourth-order valence-electron chi connectivity index (χ4n) is 1.37. The molecule has 0 aliphatic heterocycles. The molecule has 2 amide bonds. The van der Waals surface area contributed by atoms with Crippen molar-refractivity contribution >= 4 is 17.7 Å². The number of benzene rings is 1. The number of carbonyl (C=O) groups excluding carboxylic acids is 1. The molecule has 0 fully saturated rings. The van der Waals surface area contributed by atoms with Crippen LogP contribution in [0.15, 0.2) is 18.2 Å². The highest BCUT2D eigenvalue weighted by atomic mass is 19.1. The van der Waals surface area contributed by atoms with E-state index in [2.05, 4.69) is 10.6 Å². The third-order valence-corrected chi connectivity index (χ3v) is 2.62. The average molecular weight is 299 g/mol. The zero-order valence-corrected chi connectivity index (χ0v) is 11.3. The van der Waals surface area contributed by atoms with Crippen molar-refractivity contribution in [3.63, 3.8) is 0 Å². The molecule has 0 heterocycles. The minimum atomic E-state index is -1.45. The predicted octanol–water partition coefficient (Wildman–Crippen LogP) is 1.40. The Hall–Kier alpha value is -2.71. The van der Waals surface area contributed by atoms with Gasteiger partial charge in [-0.3, -0.25) is 10.1 Å². The summed E-state index contributed by atoms with van der Waals surface area (Å²) in [7, 11) is 0. The summed E-state index contributed by atoms with van der Waals surface area (Å²) in [4.78, 5) is 31.9. The number of amides is 2. The highest BCUT2D eigenvalue weighted by Crippen LogP contribution is 2.17. The average Bonchev–Trinajstić information content (AvgIpc) is 2.35. The number of carboxylic acids is 1. The number of carboxylic acid groups (broad SMARTS) is 1. The number of nitrogens with zero attached hydrogens (tertiary/aromatic N) is 1. The first-order chi connectivity index (χ1) is 9.63. The topological polar surface area (TPSA) is 122 Å². The molecule has 0 unspecified atom stereocenters. The van der Waals surface area contributed by atoms with Crippen molar-refractivity contribution < 1.29 is 24.0 Å². The van der Waals surface area contributed by atoms with Gasteiger partial charge in [0.15, 0.2) is 0 Å². The molecule has 0 aliphatic carbocycles. The summed E-state index contributed by atoms with van der Waals surface area (Å²) in [5, 5.41) is 23.8. The molecule has 0 aliphatic rings. The summed E-state index contributed by atoms with van der Waals surface area (Å²) in [6, 6.07) is 2.47. The van der Waals surface area contributed by atoms with Gasteiger partial charge in [0.2, 0.25) is 5.82 Å². The highest BCUT2D eigenvalue weighted by molar-refractivity contribution is 5.85. The number of rotatable bonds is 5. The van der Waals surface area contributed by atoms with E-state index in [1.807, 2.05) is 0 Å². The first kappa shape index (κ1) is 16.3. The normalized spacial score (nSPS) is 10.8. The van der Waals surface area contributed by atoms with E-state index >= 15 is 0 Å². The summed E-state index contributed by atoms with van der Waals surface area (Å²) in [6.45, 7) is 2.51. The van der Waals surface area contributed by atoms with E-state index in [4.69, 9.17) is 5.11 Å². The smallest absolute Gasteiger partial charge is 0.328 e. The first-order valence-corrected chi connectivity index (χ1v) is 5.85. The molecule has 0 saturated carbocycles. The maximum Gasteiger partial charge on any atom is 0.328 e. The molecular weight excluding hydrogens is 285 g/mol. The third-order valence-electron chi connectivity index (χ3n) is 2.62. The van der Waals surface area contributed by atoms with Gasteiger partial charge in [-0.2, -0.15) is 4.39 Å². The molecular formula is C12H14FN3O5. The maximum absolute atomic E-state index is 13.4. The van der Waals surface area contributed by atoms with Crippen molar-refractivity contribution in [2.45, 2.75) is 25.9 Å². The molecule has 0 atom stereocenters. The number of aliphatic carboxylic acids is 1. The van der Waals surface area contributed by atoms with E-state index in [0.29, 0.717) is 5.56 Å². The van der Waals surface area contributed by atoms with Gasteiger partial charge in [0, 0.05) is 12.6 Å². The van der Waals surface area contributed by atoms with Gasteiger partial charge >= 0.3 is 17.7 Å². The SMILES string of the molecule is CC(C)(NC(=O)NCc1ccc([N+](=O)[O-])c(F)c1)C(=O)O. The van der Waals surface area contributed by atoms with E-state index < -0.39 is 34.0 Å². The summed E-state index contributed by atoms with van der Waals surface area (Å²) >= 11 is 0. The second-order valence-corrected chi connectivity index (χ2v) is 4.78. The molecule has 0 bridgehead atoms. The number of halogens is 1. The Morgan fingerprint density at radius 2 is 2.05 bits per heavy atom. The van der Waals surface area contributed by atoms with Crippen molar-refractivity contribution in [3.8, 4) is 0 Å². The predicted molar refractivity (Wildman–Crippen MR) is 70.1 cm³/mol. The molecule has 9 heteroatoms. The highest BCUT2D eigenvalue weighted by Gasteiger charge is 2.28. The number of nitro benzene ring substituents is 1. The molecule has 1 aromatic rings. The standard InChI is InChI=1S/C12H14FN3O5/c1-12(2,10(17)18)15-11(19)14-6-7-3-4-9(16(20)21)8(13)5-7/h3-5H,6H2,1-2H3,(H,17,18)(H2,14,15,19). The van der Waals surface area contributed by atoms with Crippen LogP contribution < -0.4 is 10.6 Å². The largest absolute Gasteiger partial charge is 0.480 e. The molecule has 8 nitrogen and oxygen atoms in total. The van der Waals surface area contributed by atoms with Crippen LogP contribution in [0.5, 0.6) is 0 Å².